The van der Waals surface area contributed by atoms with Crippen LogP contribution in [0.2, 0.25) is 5.02 Å². The molecule has 1 aromatic carbocycles. The molecule has 0 heterocycles. The molecule has 0 atom stereocenters. The van der Waals surface area contributed by atoms with Crippen LogP contribution in [0.1, 0.15) is 25.3 Å². The predicted octanol–water partition coefficient (Wildman–Crippen LogP) is 3.18. The fraction of sp³-hybridized carbons (Fsp3) is 0.417. The summed E-state index contributed by atoms with van der Waals surface area (Å²) < 4.78 is 13.6. The van der Waals surface area contributed by atoms with Gasteiger partial charge in [0.1, 0.15) is 5.67 Å². The van der Waals surface area contributed by atoms with E-state index < -0.39 is 17.1 Å². The maximum absolute atomic E-state index is 13.6. The van der Waals surface area contributed by atoms with Gasteiger partial charge in [-0.3, -0.25) is 4.79 Å². The molecule has 1 aliphatic carbocycles. The minimum Gasteiger partial charge on any atom is -0.481 e. The molecule has 0 aliphatic heterocycles. The zero-order valence-electron chi connectivity index (χ0n) is 8.84. The van der Waals surface area contributed by atoms with Crippen molar-refractivity contribution < 1.29 is 14.3 Å². The summed E-state index contributed by atoms with van der Waals surface area (Å²) in [6.07, 6.45) is 0.0192. The first-order chi connectivity index (χ1) is 7.36. The molecular formula is C12H12ClFO2. The molecule has 0 spiro atoms. The van der Waals surface area contributed by atoms with Gasteiger partial charge in [0.2, 0.25) is 0 Å². The minimum atomic E-state index is -1.39. The molecule has 1 fully saturated rings. The van der Waals surface area contributed by atoms with Crippen LogP contribution in [0.5, 0.6) is 0 Å². The van der Waals surface area contributed by atoms with Gasteiger partial charge in [0.25, 0.3) is 0 Å². The number of rotatable bonds is 2. The Morgan fingerprint density at radius 2 is 2.12 bits per heavy atom. The standard InChI is InChI=1S/C12H12ClFO2/c1-11(14)6-12(7-11,10(15)16)8-3-2-4-9(13)5-8/h2-5H,6-7H2,1H3,(H,15,16). The van der Waals surface area contributed by atoms with Gasteiger partial charge in [-0.2, -0.15) is 0 Å². The number of carboxylic acid groups (broad SMARTS) is 1. The predicted molar refractivity (Wildman–Crippen MR) is 59.5 cm³/mol. The van der Waals surface area contributed by atoms with Crippen LogP contribution in [0.4, 0.5) is 4.39 Å². The molecule has 1 aliphatic rings. The van der Waals surface area contributed by atoms with Crippen molar-refractivity contribution in [2.45, 2.75) is 30.8 Å². The van der Waals surface area contributed by atoms with Crippen LogP contribution in [0.25, 0.3) is 0 Å². The maximum atomic E-state index is 13.6. The number of hydrogen-bond donors (Lipinski definition) is 1. The molecule has 1 saturated carbocycles. The van der Waals surface area contributed by atoms with Crippen molar-refractivity contribution in [3.8, 4) is 0 Å². The van der Waals surface area contributed by atoms with Crippen molar-refractivity contribution in [1.82, 2.24) is 0 Å². The van der Waals surface area contributed by atoms with Gasteiger partial charge in [-0.05, 0) is 24.6 Å². The van der Waals surface area contributed by atoms with Crippen LogP contribution in [0.15, 0.2) is 24.3 Å². The summed E-state index contributed by atoms with van der Waals surface area (Å²) in [4.78, 5) is 11.3. The summed E-state index contributed by atoms with van der Waals surface area (Å²) in [5.74, 6) is -0.982. The normalized spacial score (nSPS) is 33.2. The topological polar surface area (TPSA) is 37.3 Å². The second-order valence-corrected chi connectivity index (χ2v) is 5.10. The Kier molecular flexibility index (Phi) is 2.46. The molecule has 0 amide bonds. The van der Waals surface area contributed by atoms with E-state index in [9.17, 15) is 14.3 Å². The highest BCUT2D eigenvalue weighted by molar-refractivity contribution is 6.30. The molecule has 16 heavy (non-hydrogen) atoms. The average molecular weight is 243 g/mol. The number of aliphatic carboxylic acids is 1. The lowest BCUT2D eigenvalue weighted by molar-refractivity contribution is -0.155. The van der Waals surface area contributed by atoms with Crippen LogP contribution in [-0.4, -0.2) is 16.7 Å². The summed E-state index contributed by atoms with van der Waals surface area (Å²) in [6, 6.07) is 6.66. The van der Waals surface area contributed by atoms with E-state index in [0.717, 1.165) is 0 Å². The van der Waals surface area contributed by atoms with Gasteiger partial charge in [-0.1, -0.05) is 23.7 Å². The van der Waals surface area contributed by atoms with Crippen molar-refractivity contribution in [2.75, 3.05) is 0 Å². The maximum Gasteiger partial charge on any atom is 0.314 e. The number of alkyl halides is 1. The molecule has 0 bridgehead atoms. The highest BCUT2D eigenvalue weighted by Crippen LogP contribution is 2.52. The first kappa shape index (κ1) is 11.4. The number of carbonyl (C=O) groups is 1. The van der Waals surface area contributed by atoms with E-state index in [1.54, 1.807) is 24.3 Å². The minimum absolute atomic E-state index is 0.00960. The first-order valence-electron chi connectivity index (χ1n) is 5.04. The van der Waals surface area contributed by atoms with E-state index in [4.69, 9.17) is 11.6 Å². The van der Waals surface area contributed by atoms with E-state index in [0.29, 0.717) is 10.6 Å². The molecular weight excluding hydrogens is 231 g/mol. The van der Waals surface area contributed by atoms with Gasteiger partial charge in [0.05, 0.1) is 5.41 Å². The van der Waals surface area contributed by atoms with E-state index in [1.807, 2.05) is 0 Å². The monoisotopic (exact) mass is 242 g/mol. The zero-order valence-corrected chi connectivity index (χ0v) is 9.59. The van der Waals surface area contributed by atoms with E-state index >= 15 is 0 Å². The van der Waals surface area contributed by atoms with Crippen LogP contribution < -0.4 is 0 Å². The Balaban J connectivity index is 2.40. The Labute approximate surface area is 98.0 Å². The largest absolute Gasteiger partial charge is 0.481 e. The van der Waals surface area contributed by atoms with Gasteiger partial charge < -0.3 is 5.11 Å². The van der Waals surface area contributed by atoms with Gasteiger partial charge in [-0.25, -0.2) is 4.39 Å². The van der Waals surface area contributed by atoms with Gasteiger partial charge in [0.15, 0.2) is 0 Å². The lowest BCUT2D eigenvalue weighted by atomic mass is 9.57. The second-order valence-electron chi connectivity index (χ2n) is 4.66. The molecule has 2 nitrogen and oxygen atoms in total. The molecule has 2 rings (SSSR count). The third-order valence-corrected chi connectivity index (χ3v) is 3.36. The van der Waals surface area contributed by atoms with Gasteiger partial charge in [-0.15, -0.1) is 0 Å². The molecule has 86 valence electrons. The van der Waals surface area contributed by atoms with Crippen LogP contribution in [0, 0.1) is 0 Å². The molecule has 1 aromatic rings. The molecule has 0 unspecified atom stereocenters. The van der Waals surface area contributed by atoms with Crippen molar-refractivity contribution in [3.63, 3.8) is 0 Å². The Morgan fingerprint density at radius 1 is 1.50 bits per heavy atom. The summed E-state index contributed by atoms with van der Waals surface area (Å²) in [7, 11) is 0. The molecule has 0 aromatic heterocycles. The fourth-order valence-electron chi connectivity index (χ4n) is 2.47. The summed E-state index contributed by atoms with van der Waals surface area (Å²) in [5.41, 5.74) is -1.91. The Hall–Kier alpha value is -1.09. The van der Waals surface area contributed by atoms with Gasteiger partial charge >= 0.3 is 5.97 Å². The highest BCUT2D eigenvalue weighted by atomic mass is 35.5. The van der Waals surface area contributed by atoms with Crippen molar-refractivity contribution in [3.05, 3.63) is 34.9 Å². The molecule has 4 heteroatoms. The second kappa shape index (κ2) is 3.45. The van der Waals surface area contributed by atoms with Crippen LogP contribution in [-0.2, 0) is 10.2 Å². The fourth-order valence-corrected chi connectivity index (χ4v) is 2.66. The highest BCUT2D eigenvalue weighted by Gasteiger charge is 2.58. The number of carboxylic acids is 1. The van der Waals surface area contributed by atoms with E-state index in [2.05, 4.69) is 0 Å². The third-order valence-electron chi connectivity index (χ3n) is 3.13. The van der Waals surface area contributed by atoms with Crippen molar-refractivity contribution in [2.24, 2.45) is 0 Å². The summed E-state index contributed by atoms with van der Waals surface area (Å²) >= 11 is 5.82. The van der Waals surface area contributed by atoms with Crippen molar-refractivity contribution in [1.29, 1.82) is 0 Å². The smallest absolute Gasteiger partial charge is 0.314 e. The lowest BCUT2D eigenvalue weighted by Crippen LogP contribution is -2.55. The summed E-state index contributed by atoms with van der Waals surface area (Å²) in [6.45, 7) is 1.43. The average Bonchev–Trinajstić information content (AvgIpc) is 2.13. The Morgan fingerprint density at radius 3 is 2.56 bits per heavy atom. The summed E-state index contributed by atoms with van der Waals surface area (Å²) in [5, 5.41) is 9.73. The zero-order chi connectivity index (χ0) is 12.0. The Bertz CT molecular complexity index is 434. The molecule has 0 radical (unpaired) electrons. The quantitative estimate of drug-likeness (QED) is 0.865. The van der Waals surface area contributed by atoms with Gasteiger partial charge in [0, 0.05) is 17.9 Å². The SMILES string of the molecule is CC1(F)CC(C(=O)O)(c2cccc(Cl)c2)C1. The number of hydrogen-bond acceptors (Lipinski definition) is 1. The number of benzene rings is 1. The van der Waals surface area contributed by atoms with E-state index in [-0.39, 0.29) is 12.8 Å². The van der Waals surface area contributed by atoms with Crippen LogP contribution in [0.3, 0.4) is 0 Å². The number of halogens is 2. The first-order valence-corrected chi connectivity index (χ1v) is 5.42. The van der Waals surface area contributed by atoms with E-state index in [1.165, 1.54) is 6.92 Å². The van der Waals surface area contributed by atoms with Crippen molar-refractivity contribution >= 4 is 17.6 Å². The molecule has 1 N–H and O–H groups in total. The van der Waals surface area contributed by atoms with Crippen LogP contribution >= 0.6 is 11.6 Å². The lowest BCUT2D eigenvalue weighted by Gasteiger charge is -2.47. The third kappa shape index (κ3) is 1.69. The molecule has 0 saturated heterocycles.